The molecule has 0 aliphatic carbocycles. The minimum Gasteiger partial charge on any atom is -0.361 e. The lowest BCUT2D eigenvalue weighted by Crippen LogP contribution is -2.05. The van der Waals surface area contributed by atoms with Gasteiger partial charge in [0.15, 0.2) is 0 Å². The Kier molecular flexibility index (Phi) is 4.28. The second-order valence-corrected chi connectivity index (χ2v) is 7.73. The summed E-state index contributed by atoms with van der Waals surface area (Å²) in [5.41, 5.74) is 8.29. The van der Waals surface area contributed by atoms with Gasteiger partial charge in [0.2, 0.25) is 0 Å². The lowest BCUT2D eigenvalue weighted by Gasteiger charge is -2.16. The summed E-state index contributed by atoms with van der Waals surface area (Å²) in [7, 11) is 1.93. The predicted molar refractivity (Wildman–Crippen MR) is 117 cm³/mol. The van der Waals surface area contributed by atoms with E-state index in [2.05, 4.69) is 58.3 Å². The van der Waals surface area contributed by atoms with E-state index < -0.39 is 0 Å². The zero-order chi connectivity index (χ0) is 20.8. The van der Waals surface area contributed by atoms with Crippen molar-refractivity contribution >= 4 is 11.0 Å². The van der Waals surface area contributed by atoms with Crippen molar-refractivity contribution in [2.75, 3.05) is 0 Å². The fraction of sp³-hybridized carbons (Fsp3) is 0.208. The summed E-state index contributed by atoms with van der Waals surface area (Å²) in [6, 6.07) is 12.9. The van der Waals surface area contributed by atoms with Crippen LogP contribution in [0.4, 0.5) is 0 Å². The van der Waals surface area contributed by atoms with Gasteiger partial charge in [-0.2, -0.15) is 5.10 Å². The van der Waals surface area contributed by atoms with E-state index >= 15 is 0 Å². The number of nitrogens with zero attached hydrogens (tertiary/aromatic N) is 5. The molecule has 4 aromatic heterocycles. The monoisotopic (exact) mass is 397 g/mol. The van der Waals surface area contributed by atoms with Gasteiger partial charge < -0.3 is 9.09 Å². The van der Waals surface area contributed by atoms with Crippen LogP contribution in [0.1, 0.15) is 30.0 Å². The van der Waals surface area contributed by atoms with Gasteiger partial charge in [-0.3, -0.25) is 9.67 Å². The minimum atomic E-state index is 0.154. The van der Waals surface area contributed by atoms with E-state index in [-0.39, 0.29) is 6.04 Å². The highest BCUT2D eigenvalue weighted by Crippen LogP contribution is 2.36. The molecule has 0 saturated heterocycles. The molecule has 1 unspecified atom stereocenters. The number of hydrogen-bond donors (Lipinski definition) is 0. The van der Waals surface area contributed by atoms with Crippen LogP contribution in [0.15, 0.2) is 65.7 Å². The van der Waals surface area contributed by atoms with Crippen molar-refractivity contribution < 1.29 is 4.52 Å². The SMILES string of the molecule is Cc1noc(C)c1-c1cnc2c(-c3cnn(C)c3)cn(C(C)c3ccccc3)c2c1. The maximum absolute atomic E-state index is 5.39. The number of hydrogen-bond acceptors (Lipinski definition) is 4. The second kappa shape index (κ2) is 6.99. The molecule has 0 bridgehead atoms. The van der Waals surface area contributed by atoms with Gasteiger partial charge in [-0.15, -0.1) is 0 Å². The molecule has 0 radical (unpaired) electrons. The topological polar surface area (TPSA) is 61.7 Å². The van der Waals surface area contributed by atoms with Gasteiger partial charge >= 0.3 is 0 Å². The zero-order valence-corrected chi connectivity index (χ0v) is 17.5. The molecule has 0 aliphatic heterocycles. The van der Waals surface area contributed by atoms with Crippen molar-refractivity contribution in [3.05, 3.63) is 78.2 Å². The Labute approximate surface area is 174 Å². The van der Waals surface area contributed by atoms with Gasteiger partial charge in [-0.25, -0.2) is 0 Å². The molecule has 0 fully saturated rings. The molecule has 4 heterocycles. The van der Waals surface area contributed by atoms with E-state index in [1.165, 1.54) is 5.56 Å². The fourth-order valence-electron chi connectivity index (χ4n) is 4.14. The Balaban J connectivity index is 1.75. The van der Waals surface area contributed by atoms with Crippen LogP contribution in [-0.4, -0.2) is 24.5 Å². The Morgan fingerprint density at radius 1 is 1.00 bits per heavy atom. The quantitative estimate of drug-likeness (QED) is 0.412. The largest absolute Gasteiger partial charge is 0.361 e. The first kappa shape index (κ1) is 18.4. The summed E-state index contributed by atoms with van der Waals surface area (Å²) in [6.07, 6.45) is 8.00. The number of benzene rings is 1. The normalized spacial score (nSPS) is 12.5. The summed E-state index contributed by atoms with van der Waals surface area (Å²) >= 11 is 0. The molecule has 0 aliphatic rings. The van der Waals surface area contributed by atoms with Crippen LogP contribution in [0.2, 0.25) is 0 Å². The molecule has 0 saturated carbocycles. The molecule has 1 atom stereocenters. The fourth-order valence-corrected chi connectivity index (χ4v) is 4.14. The van der Waals surface area contributed by atoms with Gasteiger partial charge in [0.05, 0.1) is 29.0 Å². The van der Waals surface area contributed by atoms with Crippen LogP contribution in [0.25, 0.3) is 33.3 Å². The first-order valence-corrected chi connectivity index (χ1v) is 10.0. The lowest BCUT2D eigenvalue weighted by atomic mass is 10.0. The summed E-state index contributed by atoms with van der Waals surface area (Å²) < 4.78 is 9.50. The van der Waals surface area contributed by atoms with Crippen LogP contribution in [0.5, 0.6) is 0 Å². The van der Waals surface area contributed by atoms with Crippen LogP contribution < -0.4 is 0 Å². The molecule has 1 aromatic carbocycles. The summed E-state index contributed by atoms with van der Waals surface area (Å²) in [5.74, 6) is 0.801. The minimum absolute atomic E-state index is 0.154. The molecule has 5 rings (SSSR count). The Bertz CT molecular complexity index is 1320. The Morgan fingerprint density at radius 3 is 2.47 bits per heavy atom. The highest BCUT2D eigenvalue weighted by atomic mass is 16.5. The predicted octanol–water partition coefficient (Wildman–Crippen LogP) is 5.32. The highest BCUT2D eigenvalue weighted by Gasteiger charge is 2.20. The standard InChI is InChI=1S/C24H23N5O/c1-15-23(17(3)30-27-15)19-10-22-24(25-11-19)21(20-12-26-28(4)13-20)14-29(22)16(2)18-8-6-5-7-9-18/h5-14,16H,1-4H3. The summed E-state index contributed by atoms with van der Waals surface area (Å²) in [4.78, 5) is 4.87. The maximum atomic E-state index is 5.39. The van der Waals surface area contributed by atoms with Gasteiger partial charge in [-0.1, -0.05) is 35.5 Å². The first-order valence-electron chi connectivity index (χ1n) is 10.0. The van der Waals surface area contributed by atoms with E-state index in [9.17, 15) is 0 Å². The molecule has 6 nitrogen and oxygen atoms in total. The summed E-state index contributed by atoms with van der Waals surface area (Å²) in [5, 5.41) is 8.47. The molecule has 6 heteroatoms. The maximum Gasteiger partial charge on any atom is 0.141 e. The van der Waals surface area contributed by atoms with Crippen molar-refractivity contribution in [1.29, 1.82) is 0 Å². The van der Waals surface area contributed by atoms with Crippen LogP contribution >= 0.6 is 0 Å². The number of pyridine rings is 1. The van der Waals surface area contributed by atoms with Crippen molar-refractivity contribution in [1.82, 2.24) is 24.5 Å². The third kappa shape index (κ3) is 2.92. The van der Waals surface area contributed by atoms with Gasteiger partial charge in [-0.05, 0) is 32.4 Å². The Morgan fingerprint density at radius 2 is 1.80 bits per heavy atom. The molecule has 0 N–H and O–H groups in total. The number of fused-ring (bicyclic) bond motifs is 1. The molecule has 0 amide bonds. The molecular weight excluding hydrogens is 374 g/mol. The van der Waals surface area contributed by atoms with Gasteiger partial charge in [0, 0.05) is 47.9 Å². The first-order chi connectivity index (χ1) is 14.5. The van der Waals surface area contributed by atoms with Crippen LogP contribution in [-0.2, 0) is 7.05 Å². The molecular formula is C24H23N5O. The molecule has 150 valence electrons. The second-order valence-electron chi connectivity index (χ2n) is 7.73. The lowest BCUT2D eigenvalue weighted by molar-refractivity contribution is 0.393. The van der Waals surface area contributed by atoms with Crippen LogP contribution in [0.3, 0.4) is 0 Å². The average molecular weight is 397 g/mol. The average Bonchev–Trinajstić information content (AvgIpc) is 3.44. The van der Waals surface area contributed by atoms with E-state index in [1.807, 2.05) is 50.2 Å². The zero-order valence-electron chi connectivity index (χ0n) is 17.5. The molecule has 5 aromatic rings. The third-order valence-corrected chi connectivity index (χ3v) is 5.71. The van der Waals surface area contributed by atoms with Crippen LogP contribution in [0, 0.1) is 13.8 Å². The van der Waals surface area contributed by atoms with E-state index in [4.69, 9.17) is 9.51 Å². The number of aromatic nitrogens is 5. The van der Waals surface area contributed by atoms with E-state index in [0.717, 1.165) is 44.7 Å². The Hall–Kier alpha value is -3.67. The number of aryl methyl sites for hydroxylation is 3. The highest BCUT2D eigenvalue weighted by molar-refractivity contribution is 5.95. The van der Waals surface area contributed by atoms with Crippen molar-refractivity contribution in [2.24, 2.45) is 7.05 Å². The third-order valence-electron chi connectivity index (χ3n) is 5.71. The smallest absolute Gasteiger partial charge is 0.141 e. The van der Waals surface area contributed by atoms with Crippen molar-refractivity contribution in [3.63, 3.8) is 0 Å². The summed E-state index contributed by atoms with van der Waals surface area (Å²) in [6.45, 7) is 6.11. The van der Waals surface area contributed by atoms with E-state index in [0.29, 0.717) is 0 Å². The van der Waals surface area contributed by atoms with Crippen molar-refractivity contribution in [3.8, 4) is 22.3 Å². The van der Waals surface area contributed by atoms with Crippen molar-refractivity contribution in [2.45, 2.75) is 26.8 Å². The van der Waals surface area contributed by atoms with Gasteiger partial charge in [0.1, 0.15) is 5.76 Å². The molecule has 30 heavy (non-hydrogen) atoms. The van der Waals surface area contributed by atoms with E-state index in [1.54, 1.807) is 0 Å². The number of rotatable bonds is 4. The molecule has 0 spiro atoms. The van der Waals surface area contributed by atoms with Gasteiger partial charge in [0.25, 0.3) is 0 Å².